The Balaban J connectivity index is 2.51. The average Bonchev–Trinajstić information content (AvgIpc) is 2.17. The highest BCUT2D eigenvalue weighted by Crippen LogP contribution is 2.37. The fourth-order valence-corrected chi connectivity index (χ4v) is 3.15. The number of hydrogen-bond acceptors (Lipinski definition) is 2. The van der Waals surface area contributed by atoms with E-state index >= 15 is 0 Å². The molecule has 2 unspecified atom stereocenters. The zero-order valence-electron chi connectivity index (χ0n) is 10.6. The first-order valence-corrected chi connectivity index (χ1v) is 6.41. The third-order valence-corrected chi connectivity index (χ3v) is 3.87. The Morgan fingerprint density at radius 3 is 2.73 bits per heavy atom. The van der Waals surface area contributed by atoms with Crippen LogP contribution < -0.4 is 5.32 Å². The molecule has 0 aromatic carbocycles. The van der Waals surface area contributed by atoms with Crippen LogP contribution in [0.4, 0.5) is 0 Å². The van der Waals surface area contributed by atoms with E-state index in [-0.39, 0.29) is 5.54 Å². The predicted octanol–water partition coefficient (Wildman–Crippen LogP) is 2.56. The second kappa shape index (κ2) is 5.86. The lowest BCUT2D eigenvalue weighted by Gasteiger charge is -2.41. The van der Waals surface area contributed by atoms with Crippen molar-refractivity contribution >= 4 is 0 Å². The van der Waals surface area contributed by atoms with E-state index in [0.29, 0.717) is 6.61 Å². The van der Waals surface area contributed by atoms with E-state index in [2.05, 4.69) is 19.2 Å². The second-order valence-electron chi connectivity index (χ2n) is 5.60. The minimum Gasteiger partial charge on any atom is -0.396 e. The molecule has 1 fully saturated rings. The van der Waals surface area contributed by atoms with E-state index < -0.39 is 0 Å². The van der Waals surface area contributed by atoms with Crippen molar-refractivity contribution in [2.45, 2.75) is 57.9 Å². The molecular weight excluding hydrogens is 186 g/mol. The van der Waals surface area contributed by atoms with Gasteiger partial charge in [0.05, 0.1) is 0 Å². The number of aliphatic hydroxyl groups is 1. The van der Waals surface area contributed by atoms with Crippen LogP contribution in [0.2, 0.25) is 0 Å². The second-order valence-corrected chi connectivity index (χ2v) is 5.60. The fourth-order valence-electron chi connectivity index (χ4n) is 3.15. The van der Waals surface area contributed by atoms with Gasteiger partial charge in [-0.25, -0.2) is 0 Å². The molecule has 2 nitrogen and oxygen atoms in total. The van der Waals surface area contributed by atoms with Gasteiger partial charge >= 0.3 is 0 Å². The summed E-state index contributed by atoms with van der Waals surface area (Å²) >= 11 is 0. The molecule has 0 aliphatic heterocycles. The standard InChI is InChI=1S/C13H27NO/c1-11(2)9-12-5-4-6-13(10-12,14-3)7-8-15/h11-12,14-15H,4-10H2,1-3H3. The lowest BCUT2D eigenvalue weighted by Crippen LogP contribution is -2.47. The van der Waals surface area contributed by atoms with Gasteiger partial charge in [0, 0.05) is 12.1 Å². The lowest BCUT2D eigenvalue weighted by molar-refractivity contribution is 0.132. The minimum absolute atomic E-state index is 0.229. The van der Waals surface area contributed by atoms with E-state index in [1.54, 1.807) is 0 Å². The van der Waals surface area contributed by atoms with Crippen molar-refractivity contribution in [1.29, 1.82) is 0 Å². The van der Waals surface area contributed by atoms with Crippen molar-refractivity contribution < 1.29 is 5.11 Å². The van der Waals surface area contributed by atoms with E-state index in [1.165, 1.54) is 32.1 Å². The number of rotatable bonds is 5. The maximum atomic E-state index is 9.14. The zero-order chi connectivity index (χ0) is 11.3. The molecule has 0 bridgehead atoms. The first-order valence-electron chi connectivity index (χ1n) is 6.41. The Morgan fingerprint density at radius 1 is 1.47 bits per heavy atom. The Kier molecular flexibility index (Phi) is 5.07. The van der Waals surface area contributed by atoms with Crippen LogP contribution in [0.3, 0.4) is 0 Å². The highest BCUT2D eigenvalue weighted by Gasteiger charge is 2.34. The Labute approximate surface area is 94.5 Å². The Hall–Kier alpha value is -0.0800. The third-order valence-electron chi connectivity index (χ3n) is 3.87. The van der Waals surface area contributed by atoms with Crippen LogP contribution in [0.25, 0.3) is 0 Å². The van der Waals surface area contributed by atoms with Gasteiger partial charge in [-0.2, -0.15) is 0 Å². The lowest BCUT2D eigenvalue weighted by atomic mass is 9.72. The highest BCUT2D eigenvalue weighted by atomic mass is 16.3. The monoisotopic (exact) mass is 213 g/mol. The van der Waals surface area contributed by atoms with Crippen LogP contribution >= 0.6 is 0 Å². The van der Waals surface area contributed by atoms with Crippen molar-refractivity contribution in [1.82, 2.24) is 5.32 Å². The Bertz CT molecular complexity index is 177. The van der Waals surface area contributed by atoms with Crippen LogP contribution in [0.1, 0.15) is 52.4 Å². The smallest absolute Gasteiger partial charge is 0.0448 e. The van der Waals surface area contributed by atoms with Gasteiger partial charge in [-0.3, -0.25) is 0 Å². The first-order chi connectivity index (χ1) is 7.12. The normalized spacial score (nSPS) is 32.2. The summed E-state index contributed by atoms with van der Waals surface area (Å²) in [7, 11) is 2.05. The molecule has 0 radical (unpaired) electrons. The van der Waals surface area contributed by atoms with Crippen molar-refractivity contribution in [2.75, 3.05) is 13.7 Å². The molecule has 0 heterocycles. The summed E-state index contributed by atoms with van der Waals surface area (Å²) in [5, 5.41) is 12.6. The molecule has 2 heteroatoms. The van der Waals surface area contributed by atoms with E-state index in [1.807, 2.05) is 7.05 Å². The van der Waals surface area contributed by atoms with E-state index in [9.17, 15) is 0 Å². The fraction of sp³-hybridized carbons (Fsp3) is 1.00. The zero-order valence-corrected chi connectivity index (χ0v) is 10.6. The van der Waals surface area contributed by atoms with E-state index in [4.69, 9.17) is 5.11 Å². The SMILES string of the molecule is CNC1(CCO)CCCC(CC(C)C)C1. The quantitative estimate of drug-likeness (QED) is 0.735. The van der Waals surface area contributed by atoms with Gasteiger partial charge in [-0.1, -0.05) is 26.7 Å². The molecule has 2 atom stereocenters. The van der Waals surface area contributed by atoms with Crippen LogP contribution in [0.5, 0.6) is 0 Å². The number of hydrogen-bond donors (Lipinski definition) is 2. The summed E-state index contributed by atoms with van der Waals surface area (Å²) in [4.78, 5) is 0. The van der Waals surface area contributed by atoms with Crippen molar-refractivity contribution in [2.24, 2.45) is 11.8 Å². The van der Waals surface area contributed by atoms with Gasteiger partial charge in [0.2, 0.25) is 0 Å². The van der Waals surface area contributed by atoms with Gasteiger partial charge in [0.15, 0.2) is 0 Å². The van der Waals surface area contributed by atoms with Crippen LogP contribution in [0.15, 0.2) is 0 Å². The Morgan fingerprint density at radius 2 is 2.20 bits per heavy atom. The predicted molar refractivity (Wildman–Crippen MR) is 64.9 cm³/mol. The van der Waals surface area contributed by atoms with Crippen LogP contribution in [0, 0.1) is 11.8 Å². The summed E-state index contributed by atoms with van der Waals surface area (Å²) in [6.45, 7) is 4.93. The van der Waals surface area contributed by atoms with E-state index in [0.717, 1.165) is 18.3 Å². The van der Waals surface area contributed by atoms with Crippen molar-refractivity contribution in [3.8, 4) is 0 Å². The summed E-state index contributed by atoms with van der Waals surface area (Å²) in [5.74, 6) is 1.66. The van der Waals surface area contributed by atoms with Crippen molar-refractivity contribution in [3.63, 3.8) is 0 Å². The molecule has 0 aromatic rings. The molecule has 0 amide bonds. The van der Waals surface area contributed by atoms with Gasteiger partial charge in [-0.05, 0) is 44.6 Å². The number of nitrogens with one attached hydrogen (secondary N) is 1. The molecule has 2 N–H and O–H groups in total. The number of aliphatic hydroxyl groups excluding tert-OH is 1. The molecular formula is C13H27NO. The average molecular weight is 213 g/mol. The maximum Gasteiger partial charge on any atom is 0.0448 e. The van der Waals surface area contributed by atoms with Crippen molar-refractivity contribution in [3.05, 3.63) is 0 Å². The molecule has 0 aromatic heterocycles. The minimum atomic E-state index is 0.229. The highest BCUT2D eigenvalue weighted by molar-refractivity contribution is 4.92. The topological polar surface area (TPSA) is 32.3 Å². The molecule has 1 rings (SSSR count). The van der Waals surface area contributed by atoms with Gasteiger partial charge in [0.1, 0.15) is 0 Å². The maximum absolute atomic E-state index is 9.14. The van der Waals surface area contributed by atoms with Crippen LogP contribution in [-0.2, 0) is 0 Å². The molecule has 0 spiro atoms. The van der Waals surface area contributed by atoms with Gasteiger partial charge in [0.25, 0.3) is 0 Å². The van der Waals surface area contributed by atoms with Gasteiger partial charge in [-0.15, -0.1) is 0 Å². The third kappa shape index (κ3) is 3.76. The first kappa shape index (κ1) is 13.0. The molecule has 15 heavy (non-hydrogen) atoms. The summed E-state index contributed by atoms with van der Waals surface area (Å²) in [5.41, 5.74) is 0.229. The van der Waals surface area contributed by atoms with Gasteiger partial charge < -0.3 is 10.4 Å². The molecule has 1 aliphatic carbocycles. The summed E-state index contributed by atoms with van der Waals surface area (Å²) < 4.78 is 0. The molecule has 1 aliphatic rings. The largest absolute Gasteiger partial charge is 0.396 e. The van der Waals surface area contributed by atoms with Crippen LogP contribution in [-0.4, -0.2) is 24.3 Å². The molecule has 0 saturated heterocycles. The summed E-state index contributed by atoms with van der Waals surface area (Å²) in [6.07, 6.45) is 7.44. The molecule has 90 valence electrons. The molecule has 1 saturated carbocycles. The summed E-state index contributed by atoms with van der Waals surface area (Å²) in [6, 6.07) is 0.